The fraction of sp³-hybridized carbons (Fsp3) is 0.455. The second-order valence-electron chi connectivity index (χ2n) is 4.65. The normalized spacial score (nSPS) is 17.6. The fourth-order valence-electron chi connectivity index (χ4n) is 2.03. The van der Waals surface area contributed by atoms with E-state index < -0.39 is 36.0 Å². The van der Waals surface area contributed by atoms with Gasteiger partial charge in [0, 0.05) is 13.2 Å². The van der Waals surface area contributed by atoms with Gasteiger partial charge in [-0.15, -0.1) is 0 Å². The molecule has 1 aliphatic heterocycles. The molecule has 0 bridgehead atoms. The van der Waals surface area contributed by atoms with Crippen LogP contribution in [0.1, 0.15) is 12.8 Å². The number of ether oxygens (including phenoxy) is 1. The Kier molecular flexibility index (Phi) is 4.51. The summed E-state index contributed by atoms with van der Waals surface area (Å²) in [4.78, 5) is -0.684. The van der Waals surface area contributed by atoms with Crippen molar-refractivity contribution in [2.24, 2.45) is 5.14 Å². The Bertz CT molecular complexity index is 727. The predicted octanol–water partition coefficient (Wildman–Crippen LogP) is 0.394. The number of nitrogens with two attached hydrogens (primary N) is 1. The molecule has 0 radical (unpaired) electrons. The van der Waals surface area contributed by atoms with Crippen molar-refractivity contribution >= 4 is 25.7 Å². The molecule has 1 fully saturated rings. The summed E-state index contributed by atoms with van der Waals surface area (Å²) in [5.41, 5.74) is -0.0496. The van der Waals surface area contributed by atoms with Gasteiger partial charge < -0.3 is 4.74 Å². The molecule has 118 valence electrons. The van der Waals surface area contributed by atoms with Gasteiger partial charge in [-0.3, -0.25) is 4.72 Å². The molecule has 2 rings (SSSR count). The van der Waals surface area contributed by atoms with Crippen LogP contribution >= 0.6 is 0 Å². The molecule has 0 amide bonds. The summed E-state index contributed by atoms with van der Waals surface area (Å²) in [6.07, 6.45) is 0.708. The molecule has 1 aliphatic rings. The Balaban J connectivity index is 2.22. The molecule has 3 N–H and O–H groups in total. The number of halogens is 1. The van der Waals surface area contributed by atoms with Crippen LogP contribution in [-0.2, 0) is 24.8 Å². The van der Waals surface area contributed by atoms with Crippen LogP contribution in [0.15, 0.2) is 23.1 Å². The van der Waals surface area contributed by atoms with Gasteiger partial charge in [0.05, 0.1) is 10.9 Å². The molecule has 0 saturated carbocycles. The van der Waals surface area contributed by atoms with E-state index in [2.05, 4.69) is 4.72 Å². The molecule has 0 atom stereocenters. The van der Waals surface area contributed by atoms with E-state index in [9.17, 15) is 21.2 Å². The van der Waals surface area contributed by atoms with Crippen molar-refractivity contribution in [3.8, 4) is 0 Å². The highest BCUT2D eigenvalue weighted by molar-refractivity contribution is 7.93. The number of hydrogen-bond acceptors (Lipinski definition) is 5. The maximum absolute atomic E-state index is 13.6. The maximum Gasteiger partial charge on any atom is 0.240 e. The van der Waals surface area contributed by atoms with Crippen LogP contribution in [0.3, 0.4) is 0 Å². The van der Waals surface area contributed by atoms with Crippen LogP contribution in [0.4, 0.5) is 10.1 Å². The first-order chi connectivity index (χ1) is 9.70. The lowest BCUT2D eigenvalue weighted by molar-refractivity contribution is 0.0984. The van der Waals surface area contributed by atoms with E-state index in [0.717, 1.165) is 18.2 Å². The van der Waals surface area contributed by atoms with Crippen molar-refractivity contribution < 1.29 is 26.0 Å². The third-order valence-electron chi connectivity index (χ3n) is 3.11. The number of primary sulfonamides is 1. The van der Waals surface area contributed by atoms with Gasteiger partial charge in [-0.25, -0.2) is 26.4 Å². The Morgan fingerprint density at radius 3 is 2.33 bits per heavy atom. The first-order valence-electron chi connectivity index (χ1n) is 6.12. The van der Waals surface area contributed by atoms with E-state index >= 15 is 0 Å². The molecule has 0 unspecified atom stereocenters. The highest BCUT2D eigenvalue weighted by atomic mass is 32.2. The fourth-order valence-corrected chi connectivity index (χ4v) is 4.05. The van der Waals surface area contributed by atoms with Crippen LogP contribution in [0.2, 0.25) is 0 Å². The molecule has 0 aromatic heterocycles. The second kappa shape index (κ2) is 5.87. The molecule has 0 aliphatic carbocycles. The highest BCUT2D eigenvalue weighted by Gasteiger charge is 2.28. The van der Waals surface area contributed by atoms with E-state index in [4.69, 9.17) is 9.88 Å². The van der Waals surface area contributed by atoms with Gasteiger partial charge in [0.1, 0.15) is 10.7 Å². The van der Waals surface area contributed by atoms with Gasteiger partial charge in [-0.05, 0) is 31.0 Å². The average molecular weight is 338 g/mol. The molecule has 1 saturated heterocycles. The maximum atomic E-state index is 13.6. The first kappa shape index (κ1) is 16.1. The topological polar surface area (TPSA) is 116 Å². The van der Waals surface area contributed by atoms with Crippen molar-refractivity contribution in [2.45, 2.75) is 23.0 Å². The lowest BCUT2D eigenvalue weighted by Crippen LogP contribution is -2.33. The van der Waals surface area contributed by atoms with Crippen LogP contribution < -0.4 is 9.86 Å². The van der Waals surface area contributed by atoms with E-state index in [0.29, 0.717) is 26.1 Å². The Morgan fingerprint density at radius 2 is 1.81 bits per heavy atom. The minimum atomic E-state index is -4.18. The molecule has 0 spiro atoms. The largest absolute Gasteiger partial charge is 0.381 e. The third kappa shape index (κ3) is 3.90. The lowest BCUT2D eigenvalue weighted by atomic mass is 10.2. The van der Waals surface area contributed by atoms with Crippen LogP contribution in [0.5, 0.6) is 0 Å². The summed E-state index contributed by atoms with van der Waals surface area (Å²) in [5.74, 6) is -1.11. The zero-order chi connectivity index (χ0) is 15.7. The minimum Gasteiger partial charge on any atom is -0.381 e. The van der Waals surface area contributed by atoms with Gasteiger partial charge in [0.15, 0.2) is 0 Å². The first-order valence-corrected chi connectivity index (χ1v) is 9.21. The summed E-state index contributed by atoms with van der Waals surface area (Å²) in [5, 5.41) is 4.21. The second-order valence-corrected chi connectivity index (χ2v) is 8.14. The summed E-state index contributed by atoms with van der Waals surface area (Å²) in [6.45, 7) is 0.703. The summed E-state index contributed by atoms with van der Waals surface area (Å²) >= 11 is 0. The van der Waals surface area contributed by atoms with Gasteiger partial charge in [-0.1, -0.05) is 0 Å². The Labute approximate surface area is 122 Å². The molecular formula is C11H15FN2O5S2. The van der Waals surface area contributed by atoms with E-state index in [1.54, 1.807) is 0 Å². The molecule has 21 heavy (non-hydrogen) atoms. The van der Waals surface area contributed by atoms with Crippen molar-refractivity contribution in [1.29, 1.82) is 0 Å². The molecular weight excluding hydrogens is 323 g/mol. The van der Waals surface area contributed by atoms with Crippen LogP contribution in [-0.4, -0.2) is 35.3 Å². The van der Waals surface area contributed by atoms with Crippen molar-refractivity contribution in [3.05, 3.63) is 24.0 Å². The quantitative estimate of drug-likeness (QED) is 0.824. The van der Waals surface area contributed by atoms with E-state index in [-0.39, 0.29) is 5.69 Å². The minimum absolute atomic E-state index is 0.0496. The van der Waals surface area contributed by atoms with Gasteiger partial charge in [-0.2, -0.15) is 0 Å². The van der Waals surface area contributed by atoms with E-state index in [1.165, 1.54) is 0 Å². The number of anilines is 1. The zero-order valence-electron chi connectivity index (χ0n) is 11.0. The molecule has 10 heteroatoms. The number of nitrogens with one attached hydrogen (secondary N) is 1. The van der Waals surface area contributed by atoms with Crippen LogP contribution in [0.25, 0.3) is 0 Å². The SMILES string of the molecule is NS(=O)(=O)c1ccc(NS(=O)(=O)C2CCOCC2)cc1F. The molecule has 1 heterocycles. The Morgan fingerprint density at radius 1 is 1.19 bits per heavy atom. The number of benzene rings is 1. The summed E-state index contributed by atoms with van der Waals surface area (Å²) < 4.78 is 67.4. The number of sulfonamides is 2. The van der Waals surface area contributed by atoms with Crippen molar-refractivity contribution in [1.82, 2.24) is 0 Å². The predicted molar refractivity (Wildman–Crippen MR) is 74.2 cm³/mol. The Hall–Kier alpha value is -1.23. The number of rotatable bonds is 4. The lowest BCUT2D eigenvalue weighted by Gasteiger charge is -2.22. The van der Waals surface area contributed by atoms with E-state index in [1.807, 2.05) is 0 Å². The monoisotopic (exact) mass is 338 g/mol. The smallest absolute Gasteiger partial charge is 0.240 e. The van der Waals surface area contributed by atoms with Gasteiger partial charge >= 0.3 is 0 Å². The third-order valence-corrected chi connectivity index (χ3v) is 5.92. The van der Waals surface area contributed by atoms with Gasteiger partial charge in [0.2, 0.25) is 20.0 Å². The standard InChI is InChI=1S/C11H15FN2O5S2/c12-10-7-8(1-2-11(10)20(13,15)16)14-21(17,18)9-3-5-19-6-4-9/h1-2,7,9,14H,3-6H2,(H2,13,15,16). The summed E-state index contributed by atoms with van der Waals surface area (Å²) in [7, 11) is -7.86. The summed E-state index contributed by atoms with van der Waals surface area (Å²) in [6, 6.07) is 2.86. The average Bonchev–Trinajstić information content (AvgIpc) is 2.37. The van der Waals surface area contributed by atoms with Gasteiger partial charge in [0.25, 0.3) is 0 Å². The van der Waals surface area contributed by atoms with Crippen molar-refractivity contribution in [2.75, 3.05) is 17.9 Å². The molecule has 7 nitrogen and oxygen atoms in total. The molecule has 1 aromatic carbocycles. The van der Waals surface area contributed by atoms with Crippen LogP contribution in [0, 0.1) is 5.82 Å². The van der Waals surface area contributed by atoms with Crippen molar-refractivity contribution in [3.63, 3.8) is 0 Å². The highest BCUT2D eigenvalue weighted by Crippen LogP contribution is 2.22. The number of hydrogen-bond donors (Lipinski definition) is 2. The molecule has 1 aromatic rings. The zero-order valence-corrected chi connectivity index (χ0v) is 12.6.